The minimum atomic E-state index is -4.30. The van der Waals surface area contributed by atoms with Crippen LogP contribution < -0.4 is 10.5 Å². The Morgan fingerprint density at radius 1 is 1.33 bits per heavy atom. The number of hydrogen-bond donors (Lipinski definition) is 1. The number of hydrogen-bond acceptors (Lipinski definition) is 3. The maximum atomic E-state index is 12.1. The maximum absolute atomic E-state index is 12.1. The number of carbonyl (C=O) groups is 1. The van der Waals surface area contributed by atoms with E-state index in [4.69, 9.17) is 10.5 Å². The molecule has 0 fully saturated rings. The van der Waals surface area contributed by atoms with Gasteiger partial charge < -0.3 is 10.5 Å². The molecule has 1 aromatic carbocycles. The number of ether oxygens (including phenoxy) is 1. The average Bonchev–Trinajstić information content (AvgIpc) is 2.15. The highest BCUT2D eigenvalue weighted by atomic mass is 35.5. The van der Waals surface area contributed by atoms with Crippen molar-refractivity contribution in [3.8, 4) is 5.75 Å². The van der Waals surface area contributed by atoms with Crippen molar-refractivity contribution in [1.29, 1.82) is 0 Å². The second-order valence-corrected chi connectivity index (χ2v) is 3.59. The Balaban J connectivity index is 0.00000289. The van der Waals surface area contributed by atoms with E-state index in [1.807, 2.05) is 0 Å². The third kappa shape index (κ3) is 5.88. The van der Waals surface area contributed by atoms with Gasteiger partial charge in [-0.2, -0.15) is 13.2 Å². The molecule has 0 aliphatic heterocycles. The largest absolute Gasteiger partial charge is 0.427 e. The molecule has 0 aromatic heterocycles. The quantitative estimate of drug-likeness (QED) is 0.685. The number of esters is 1. The van der Waals surface area contributed by atoms with E-state index in [-0.39, 0.29) is 18.2 Å². The van der Waals surface area contributed by atoms with Gasteiger partial charge in [0.15, 0.2) is 0 Å². The van der Waals surface area contributed by atoms with Crippen molar-refractivity contribution in [2.75, 3.05) is 0 Å². The monoisotopic (exact) mass is 283 g/mol. The first-order valence-corrected chi connectivity index (χ1v) is 4.88. The van der Waals surface area contributed by atoms with Crippen LogP contribution in [0, 0.1) is 0 Å². The van der Waals surface area contributed by atoms with Gasteiger partial charge in [-0.1, -0.05) is 12.1 Å². The molecule has 0 saturated carbocycles. The van der Waals surface area contributed by atoms with Crippen molar-refractivity contribution in [2.24, 2.45) is 5.73 Å². The van der Waals surface area contributed by atoms with Crippen molar-refractivity contribution in [2.45, 2.75) is 25.6 Å². The Morgan fingerprint density at radius 3 is 2.22 bits per heavy atom. The van der Waals surface area contributed by atoms with Crippen LogP contribution in [-0.2, 0) is 4.79 Å². The predicted molar refractivity (Wildman–Crippen MR) is 62.6 cm³/mol. The summed E-state index contributed by atoms with van der Waals surface area (Å²) in [5.74, 6) is -0.210. The molecule has 0 aliphatic carbocycles. The zero-order valence-corrected chi connectivity index (χ0v) is 10.3. The first kappa shape index (κ1) is 16.7. The molecule has 1 aromatic rings. The molecule has 0 heterocycles. The van der Waals surface area contributed by atoms with E-state index in [1.54, 1.807) is 0 Å². The van der Waals surface area contributed by atoms with E-state index in [2.05, 4.69) is 0 Å². The lowest BCUT2D eigenvalue weighted by Crippen LogP contribution is -2.20. The first-order valence-electron chi connectivity index (χ1n) is 4.88. The zero-order chi connectivity index (χ0) is 13.1. The number of benzene rings is 1. The summed E-state index contributed by atoms with van der Waals surface area (Å²) < 4.78 is 41.0. The second-order valence-electron chi connectivity index (χ2n) is 3.59. The van der Waals surface area contributed by atoms with Gasteiger partial charge in [-0.25, -0.2) is 0 Å². The highest BCUT2D eigenvalue weighted by molar-refractivity contribution is 5.85. The molecule has 0 saturated heterocycles. The Labute approximate surface area is 109 Å². The predicted octanol–water partition coefficient (Wildman–Crippen LogP) is 2.99. The van der Waals surface area contributed by atoms with Crippen molar-refractivity contribution in [3.05, 3.63) is 29.8 Å². The minimum Gasteiger partial charge on any atom is -0.427 e. The van der Waals surface area contributed by atoms with E-state index in [1.165, 1.54) is 31.2 Å². The van der Waals surface area contributed by atoms with Gasteiger partial charge in [-0.3, -0.25) is 4.79 Å². The van der Waals surface area contributed by atoms with Gasteiger partial charge >= 0.3 is 12.1 Å². The Morgan fingerprint density at radius 2 is 1.83 bits per heavy atom. The molecule has 1 rings (SSSR count). The Hall–Kier alpha value is -1.27. The van der Waals surface area contributed by atoms with Crippen molar-refractivity contribution < 1.29 is 22.7 Å². The molecular weight excluding hydrogens is 271 g/mol. The fourth-order valence-corrected chi connectivity index (χ4v) is 1.32. The van der Waals surface area contributed by atoms with Gasteiger partial charge in [0.25, 0.3) is 0 Å². The summed E-state index contributed by atoms with van der Waals surface area (Å²) in [4.78, 5) is 10.6. The summed E-state index contributed by atoms with van der Waals surface area (Å²) in [6.07, 6.45) is -5.38. The van der Waals surface area contributed by atoms with E-state index >= 15 is 0 Å². The van der Waals surface area contributed by atoms with Crippen LogP contribution in [0.3, 0.4) is 0 Å². The summed E-state index contributed by atoms with van der Waals surface area (Å²) in [6, 6.07) is 4.53. The fraction of sp³-hybridized carbons (Fsp3) is 0.364. The summed E-state index contributed by atoms with van der Waals surface area (Å²) in [6.45, 7) is 1.24. The maximum Gasteiger partial charge on any atom is 0.390 e. The first-order chi connectivity index (χ1) is 7.78. The SMILES string of the molecule is CC(=O)Oc1ccc([C@H](N)CC(F)(F)F)cc1.Cl. The lowest BCUT2D eigenvalue weighted by Gasteiger charge is -2.14. The van der Waals surface area contributed by atoms with Gasteiger partial charge in [-0.05, 0) is 17.7 Å². The van der Waals surface area contributed by atoms with E-state index in [0.717, 1.165) is 0 Å². The number of nitrogens with two attached hydrogens (primary N) is 1. The molecule has 0 bridgehead atoms. The van der Waals surface area contributed by atoms with Gasteiger partial charge in [0.05, 0.1) is 6.42 Å². The standard InChI is InChI=1S/C11H12F3NO2.ClH/c1-7(16)17-9-4-2-8(3-5-9)10(15)6-11(12,13)14;/h2-5,10H,6,15H2,1H3;1H/t10-;/m1./s1. The molecule has 102 valence electrons. The molecule has 0 amide bonds. The van der Waals surface area contributed by atoms with Gasteiger partial charge in [0.2, 0.25) is 0 Å². The number of alkyl halides is 3. The van der Waals surface area contributed by atoms with Crippen LogP contribution in [0.4, 0.5) is 13.2 Å². The molecule has 7 heteroatoms. The van der Waals surface area contributed by atoms with Crippen LogP contribution in [0.2, 0.25) is 0 Å². The van der Waals surface area contributed by atoms with E-state index in [9.17, 15) is 18.0 Å². The highest BCUT2D eigenvalue weighted by Gasteiger charge is 2.30. The summed E-state index contributed by atoms with van der Waals surface area (Å²) >= 11 is 0. The normalized spacial score (nSPS) is 12.5. The Kier molecular flexibility index (Phi) is 6.14. The van der Waals surface area contributed by atoms with Crippen LogP contribution >= 0.6 is 12.4 Å². The third-order valence-electron chi connectivity index (χ3n) is 2.02. The van der Waals surface area contributed by atoms with Crippen LogP contribution in [0.5, 0.6) is 5.75 Å². The van der Waals surface area contributed by atoms with Crippen molar-refractivity contribution in [1.82, 2.24) is 0 Å². The van der Waals surface area contributed by atoms with Gasteiger partial charge in [0.1, 0.15) is 5.75 Å². The molecule has 18 heavy (non-hydrogen) atoms. The summed E-state index contributed by atoms with van der Waals surface area (Å²) in [7, 11) is 0. The Bertz CT molecular complexity index is 392. The molecule has 2 N–H and O–H groups in total. The summed E-state index contributed by atoms with van der Waals surface area (Å²) in [5, 5.41) is 0. The molecule has 0 unspecified atom stereocenters. The van der Waals surface area contributed by atoms with Crippen LogP contribution in [-0.4, -0.2) is 12.1 Å². The van der Waals surface area contributed by atoms with E-state index < -0.39 is 24.6 Å². The van der Waals surface area contributed by atoms with Gasteiger partial charge in [-0.15, -0.1) is 12.4 Å². The lowest BCUT2D eigenvalue weighted by atomic mass is 10.0. The average molecular weight is 284 g/mol. The van der Waals surface area contributed by atoms with Crippen molar-refractivity contribution >= 4 is 18.4 Å². The second kappa shape index (κ2) is 6.61. The van der Waals surface area contributed by atoms with Gasteiger partial charge in [0, 0.05) is 13.0 Å². The van der Waals surface area contributed by atoms with Crippen LogP contribution in [0.1, 0.15) is 24.9 Å². The molecule has 0 radical (unpaired) electrons. The van der Waals surface area contributed by atoms with Crippen LogP contribution in [0.15, 0.2) is 24.3 Å². The molecular formula is C11H13ClF3NO2. The molecule has 1 atom stereocenters. The molecule has 3 nitrogen and oxygen atoms in total. The highest BCUT2D eigenvalue weighted by Crippen LogP contribution is 2.28. The minimum absolute atomic E-state index is 0. The number of carbonyl (C=O) groups excluding carboxylic acids is 1. The fourth-order valence-electron chi connectivity index (χ4n) is 1.32. The molecule has 0 aliphatic rings. The summed E-state index contributed by atoms with van der Waals surface area (Å²) in [5.41, 5.74) is 5.75. The molecule has 0 spiro atoms. The number of rotatable bonds is 3. The smallest absolute Gasteiger partial charge is 0.390 e. The van der Waals surface area contributed by atoms with Crippen LogP contribution in [0.25, 0.3) is 0 Å². The lowest BCUT2D eigenvalue weighted by molar-refractivity contribution is -0.138. The van der Waals surface area contributed by atoms with E-state index in [0.29, 0.717) is 5.56 Å². The third-order valence-corrected chi connectivity index (χ3v) is 2.02. The zero-order valence-electron chi connectivity index (χ0n) is 9.53. The number of halogens is 4. The van der Waals surface area contributed by atoms with Crippen molar-refractivity contribution in [3.63, 3.8) is 0 Å². The topological polar surface area (TPSA) is 52.3 Å².